The molecule has 8 nitrogen and oxygen atoms in total. The number of carbonyl (C=O) groups is 4. The first-order chi connectivity index (χ1) is 15.5. The lowest BCUT2D eigenvalue weighted by atomic mass is 10.0. The fourth-order valence-corrected chi connectivity index (χ4v) is 4.02. The van der Waals surface area contributed by atoms with Crippen molar-refractivity contribution in [3.63, 3.8) is 0 Å². The summed E-state index contributed by atoms with van der Waals surface area (Å²) >= 11 is 0. The Kier molecular flexibility index (Phi) is 6.49. The van der Waals surface area contributed by atoms with Crippen molar-refractivity contribution in [3.8, 4) is 0 Å². The van der Waals surface area contributed by atoms with Gasteiger partial charge in [0, 0.05) is 25.1 Å². The number of amides is 4. The summed E-state index contributed by atoms with van der Waals surface area (Å²) in [5, 5.41) is 5.00. The Bertz CT molecular complexity index is 1040. The Morgan fingerprint density at radius 3 is 2.69 bits per heavy atom. The van der Waals surface area contributed by atoms with Crippen LogP contribution in [0.25, 0.3) is 0 Å². The zero-order valence-corrected chi connectivity index (χ0v) is 17.6. The lowest BCUT2D eigenvalue weighted by Gasteiger charge is -2.29. The number of piperidine rings is 1. The molecule has 2 aromatic rings. The third-order valence-corrected chi connectivity index (χ3v) is 5.72. The van der Waals surface area contributed by atoms with Gasteiger partial charge in [0.2, 0.25) is 11.8 Å². The van der Waals surface area contributed by atoms with Gasteiger partial charge in [-0.05, 0) is 42.0 Å². The molecular weight excluding hydrogens is 410 g/mol. The van der Waals surface area contributed by atoms with Gasteiger partial charge in [-0.2, -0.15) is 0 Å². The van der Waals surface area contributed by atoms with E-state index in [1.165, 1.54) is 10.5 Å². The van der Waals surface area contributed by atoms with Crippen LogP contribution in [0.15, 0.2) is 48.5 Å². The predicted molar refractivity (Wildman–Crippen MR) is 115 cm³/mol. The van der Waals surface area contributed by atoms with Crippen molar-refractivity contribution in [3.05, 3.63) is 70.8 Å². The van der Waals surface area contributed by atoms with E-state index in [4.69, 9.17) is 4.74 Å². The normalized spacial score (nSPS) is 17.7. The molecule has 0 saturated carbocycles. The molecule has 0 spiro atoms. The summed E-state index contributed by atoms with van der Waals surface area (Å²) in [6.45, 7) is 0.887. The lowest BCUT2D eigenvalue weighted by Crippen LogP contribution is -2.52. The number of hydrogen-bond donors (Lipinski definition) is 2. The average molecular weight is 435 g/mol. The molecule has 4 rings (SSSR count). The highest BCUT2D eigenvalue weighted by Crippen LogP contribution is 2.28. The van der Waals surface area contributed by atoms with Crippen LogP contribution in [0.3, 0.4) is 0 Å². The molecule has 2 aliphatic heterocycles. The fraction of sp³-hybridized carbons (Fsp3) is 0.333. The monoisotopic (exact) mass is 435 g/mol. The van der Waals surface area contributed by atoms with Crippen molar-refractivity contribution in [1.29, 1.82) is 0 Å². The summed E-state index contributed by atoms with van der Waals surface area (Å²) in [4.78, 5) is 49.8. The third kappa shape index (κ3) is 4.96. The number of fused-ring (bicyclic) bond motifs is 1. The molecule has 0 aromatic heterocycles. The second kappa shape index (κ2) is 9.64. The largest absolute Gasteiger partial charge is 0.450 e. The van der Waals surface area contributed by atoms with E-state index in [-0.39, 0.29) is 24.8 Å². The molecule has 0 bridgehead atoms. The molecule has 1 saturated heterocycles. The van der Waals surface area contributed by atoms with E-state index >= 15 is 0 Å². The fourth-order valence-electron chi connectivity index (χ4n) is 4.02. The van der Waals surface area contributed by atoms with E-state index in [2.05, 4.69) is 10.6 Å². The average Bonchev–Trinajstić information content (AvgIpc) is 3.12. The number of aryl methyl sites for hydroxylation is 1. The third-order valence-electron chi connectivity index (χ3n) is 5.72. The summed E-state index contributed by atoms with van der Waals surface area (Å²) < 4.78 is 5.22. The summed E-state index contributed by atoms with van der Waals surface area (Å²) in [6, 6.07) is 14.8. The van der Waals surface area contributed by atoms with Crippen molar-refractivity contribution in [2.45, 2.75) is 44.8 Å². The van der Waals surface area contributed by atoms with E-state index in [1.807, 2.05) is 42.5 Å². The minimum Gasteiger partial charge on any atom is -0.450 e. The van der Waals surface area contributed by atoms with Crippen LogP contribution in [0.1, 0.15) is 46.3 Å². The maximum absolute atomic E-state index is 12.9. The summed E-state index contributed by atoms with van der Waals surface area (Å²) in [5.74, 6) is -0.977. The Balaban J connectivity index is 1.26. The molecule has 0 aliphatic carbocycles. The molecule has 32 heavy (non-hydrogen) atoms. The number of carbonyl (C=O) groups excluding carboxylic acids is 4. The van der Waals surface area contributed by atoms with E-state index in [0.29, 0.717) is 25.1 Å². The van der Waals surface area contributed by atoms with Gasteiger partial charge >= 0.3 is 6.09 Å². The minimum atomic E-state index is -0.639. The molecule has 2 N–H and O–H groups in total. The highest BCUT2D eigenvalue weighted by Gasteiger charge is 2.39. The zero-order valence-electron chi connectivity index (χ0n) is 17.6. The van der Waals surface area contributed by atoms with Crippen molar-refractivity contribution < 1.29 is 23.9 Å². The lowest BCUT2D eigenvalue weighted by molar-refractivity contribution is -0.136. The number of nitrogens with one attached hydrogen (secondary N) is 2. The second-order valence-corrected chi connectivity index (χ2v) is 7.97. The number of ether oxygens (including phenoxy) is 1. The van der Waals surface area contributed by atoms with Crippen molar-refractivity contribution in [2.75, 3.05) is 6.61 Å². The quantitative estimate of drug-likeness (QED) is 0.513. The molecule has 2 heterocycles. The Hall–Kier alpha value is -3.68. The van der Waals surface area contributed by atoms with Crippen LogP contribution in [0.5, 0.6) is 0 Å². The first-order valence-corrected chi connectivity index (χ1v) is 10.7. The predicted octanol–water partition coefficient (Wildman–Crippen LogP) is 2.31. The van der Waals surface area contributed by atoms with Crippen LogP contribution >= 0.6 is 0 Å². The summed E-state index contributed by atoms with van der Waals surface area (Å²) in [7, 11) is 0. The zero-order chi connectivity index (χ0) is 22.5. The van der Waals surface area contributed by atoms with Crippen LogP contribution in [0, 0.1) is 0 Å². The van der Waals surface area contributed by atoms with E-state index in [0.717, 1.165) is 24.0 Å². The number of alkyl carbamates (subject to hydrolysis) is 1. The second-order valence-electron chi connectivity index (χ2n) is 7.97. The van der Waals surface area contributed by atoms with Gasteiger partial charge in [-0.15, -0.1) is 0 Å². The van der Waals surface area contributed by atoms with Gasteiger partial charge in [-0.25, -0.2) is 4.79 Å². The van der Waals surface area contributed by atoms with E-state index < -0.39 is 18.0 Å². The number of nitrogens with zero attached hydrogens (tertiary/aromatic N) is 1. The van der Waals surface area contributed by atoms with E-state index in [9.17, 15) is 19.2 Å². The maximum atomic E-state index is 12.9. The minimum absolute atomic E-state index is 0.221. The molecule has 1 atom stereocenters. The summed E-state index contributed by atoms with van der Waals surface area (Å²) in [6.07, 6.45) is 1.62. The first kappa shape index (κ1) is 21.5. The van der Waals surface area contributed by atoms with Gasteiger partial charge in [0.05, 0.1) is 6.61 Å². The van der Waals surface area contributed by atoms with Crippen molar-refractivity contribution in [1.82, 2.24) is 15.5 Å². The number of rotatable bonds is 7. The molecular formula is C24H25N3O5. The van der Waals surface area contributed by atoms with Crippen LogP contribution in [-0.4, -0.2) is 41.4 Å². The number of imide groups is 1. The van der Waals surface area contributed by atoms with Gasteiger partial charge in [0.1, 0.15) is 6.04 Å². The van der Waals surface area contributed by atoms with Gasteiger partial charge < -0.3 is 15.0 Å². The van der Waals surface area contributed by atoms with Crippen LogP contribution in [0.4, 0.5) is 4.79 Å². The van der Waals surface area contributed by atoms with Gasteiger partial charge in [-0.3, -0.25) is 19.7 Å². The van der Waals surface area contributed by atoms with Crippen molar-refractivity contribution in [2.24, 2.45) is 0 Å². The number of benzene rings is 2. The molecule has 8 heteroatoms. The van der Waals surface area contributed by atoms with Gasteiger partial charge in [0.25, 0.3) is 5.91 Å². The maximum Gasteiger partial charge on any atom is 0.407 e. The molecule has 2 aromatic carbocycles. The van der Waals surface area contributed by atoms with Crippen LogP contribution in [-0.2, 0) is 33.8 Å². The topological polar surface area (TPSA) is 105 Å². The standard InChI is InChI=1S/C24H25N3O5/c28-21-11-10-20(22(29)26-21)27-15-18-9-8-17(13-19(18)23(27)30)14-25-24(31)32-12-4-7-16-5-2-1-3-6-16/h1-3,5-6,8-9,13,20H,4,7,10-12,14-15H2,(H,25,31)(H,26,28,29). The highest BCUT2D eigenvalue weighted by atomic mass is 16.5. The number of hydrogen-bond acceptors (Lipinski definition) is 5. The van der Waals surface area contributed by atoms with Crippen molar-refractivity contribution >= 4 is 23.8 Å². The smallest absolute Gasteiger partial charge is 0.407 e. The highest BCUT2D eigenvalue weighted by molar-refractivity contribution is 6.05. The van der Waals surface area contributed by atoms with Crippen LogP contribution in [0.2, 0.25) is 0 Å². The Morgan fingerprint density at radius 2 is 1.91 bits per heavy atom. The Morgan fingerprint density at radius 1 is 1.09 bits per heavy atom. The SMILES string of the molecule is O=C1CCC(N2Cc3ccc(CNC(=O)OCCCc4ccccc4)cc3C2=O)C(=O)N1. The van der Waals surface area contributed by atoms with E-state index in [1.54, 1.807) is 6.07 Å². The first-order valence-electron chi connectivity index (χ1n) is 10.7. The Labute approximate surface area is 185 Å². The summed E-state index contributed by atoms with van der Waals surface area (Å²) in [5.41, 5.74) is 3.31. The van der Waals surface area contributed by atoms with Gasteiger partial charge in [0.15, 0.2) is 0 Å². The molecule has 2 aliphatic rings. The molecule has 4 amide bonds. The molecule has 1 unspecified atom stereocenters. The molecule has 1 fully saturated rings. The van der Waals surface area contributed by atoms with Crippen LogP contribution < -0.4 is 10.6 Å². The van der Waals surface area contributed by atoms with Gasteiger partial charge in [-0.1, -0.05) is 42.5 Å². The molecule has 166 valence electrons. The molecule has 0 radical (unpaired) electrons.